The molecule has 0 radical (unpaired) electrons. The smallest absolute Gasteiger partial charge is 0.272 e. The molecule has 8 nitrogen and oxygen atoms in total. The average Bonchev–Trinajstić information content (AvgIpc) is 3.62. The second-order valence-corrected chi connectivity index (χ2v) is 13.4. The van der Waals surface area contributed by atoms with Gasteiger partial charge in [-0.3, -0.25) is 14.4 Å². The van der Waals surface area contributed by atoms with Crippen molar-refractivity contribution >= 4 is 29.1 Å². The molecule has 0 bridgehead atoms. The van der Waals surface area contributed by atoms with Gasteiger partial charge in [0.05, 0.1) is 17.9 Å². The monoisotopic (exact) mass is 670 g/mol. The largest absolute Gasteiger partial charge is 0.457 e. The summed E-state index contributed by atoms with van der Waals surface area (Å²) < 4.78 is 6.11. The number of amides is 3. The maximum Gasteiger partial charge on any atom is 0.272 e. The van der Waals surface area contributed by atoms with Crippen molar-refractivity contribution in [2.45, 2.75) is 71.0 Å². The molecule has 3 unspecified atom stereocenters. The quantitative estimate of drug-likeness (QED) is 0.143. The van der Waals surface area contributed by atoms with E-state index in [0.29, 0.717) is 41.7 Å². The highest BCUT2D eigenvalue weighted by Crippen LogP contribution is 2.35. The molecule has 4 aromatic carbocycles. The second kappa shape index (κ2) is 16.4. The van der Waals surface area contributed by atoms with E-state index in [0.717, 1.165) is 55.2 Å². The Morgan fingerprint density at radius 2 is 1.56 bits per heavy atom. The van der Waals surface area contributed by atoms with E-state index in [1.807, 2.05) is 109 Å². The fourth-order valence-corrected chi connectivity index (χ4v) is 7.29. The predicted octanol–water partition coefficient (Wildman–Crippen LogP) is 7.79. The van der Waals surface area contributed by atoms with E-state index in [9.17, 15) is 14.4 Å². The number of nitrogens with zero attached hydrogens (tertiary/aromatic N) is 2. The van der Waals surface area contributed by atoms with Crippen molar-refractivity contribution in [2.24, 2.45) is 28.5 Å². The van der Waals surface area contributed by atoms with Crippen molar-refractivity contribution in [2.75, 3.05) is 4.90 Å². The first-order valence-electron chi connectivity index (χ1n) is 17.9. The lowest BCUT2D eigenvalue weighted by atomic mass is 9.80. The van der Waals surface area contributed by atoms with Crippen LogP contribution in [0, 0.1) is 17.8 Å². The van der Waals surface area contributed by atoms with Crippen LogP contribution in [0.1, 0.15) is 75.0 Å². The van der Waals surface area contributed by atoms with Crippen molar-refractivity contribution in [3.63, 3.8) is 0 Å². The van der Waals surface area contributed by atoms with Crippen LogP contribution >= 0.6 is 0 Å². The highest BCUT2D eigenvalue weighted by Gasteiger charge is 2.39. The topological polar surface area (TPSA) is 114 Å². The van der Waals surface area contributed by atoms with Crippen LogP contribution in [-0.4, -0.2) is 29.6 Å². The number of benzene rings is 4. The molecule has 1 saturated carbocycles. The molecule has 258 valence electrons. The Hall–Kier alpha value is -5.24. The zero-order chi connectivity index (χ0) is 34.9. The third-order valence-electron chi connectivity index (χ3n) is 9.87. The number of anilines is 1. The molecule has 1 aliphatic carbocycles. The molecule has 1 aliphatic heterocycles. The number of nitrogens with two attached hydrogens (primary N) is 1. The van der Waals surface area contributed by atoms with E-state index in [-0.39, 0.29) is 18.4 Å². The molecular weight excluding hydrogens is 624 g/mol. The van der Waals surface area contributed by atoms with Gasteiger partial charge in [0.25, 0.3) is 5.91 Å². The van der Waals surface area contributed by atoms with Gasteiger partial charge in [0.15, 0.2) is 0 Å². The van der Waals surface area contributed by atoms with Gasteiger partial charge in [-0.1, -0.05) is 124 Å². The summed E-state index contributed by atoms with van der Waals surface area (Å²) in [6, 6.07) is 34.6. The molecule has 0 saturated heterocycles. The Morgan fingerprint density at radius 1 is 0.880 bits per heavy atom. The van der Waals surface area contributed by atoms with Gasteiger partial charge in [-0.2, -0.15) is 0 Å². The molecular formula is C42H46N4O4. The van der Waals surface area contributed by atoms with E-state index >= 15 is 0 Å². The van der Waals surface area contributed by atoms with E-state index in [2.05, 4.69) is 12.2 Å². The number of hydrogen-bond donors (Lipinski definition) is 2. The minimum Gasteiger partial charge on any atom is -0.457 e. The van der Waals surface area contributed by atoms with Crippen molar-refractivity contribution in [3.05, 3.63) is 126 Å². The summed E-state index contributed by atoms with van der Waals surface area (Å²) in [7, 11) is 0. The van der Waals surface area contributed by atoms with Crippen molar-refractivity contribution in [1.29, 1.82) is 0 Å². The van der Waals surface area contributed by atoms with E-state index < -0.39 is 23.9 Å². The minimum atomic E-state index is -1.22. The highest BCUT2D eigenvalue weighted by atomic mass is 16.5. The third-order valence-corrected chi connectivity index (χ3v) is 9.87. The van der Waals surface area contributed by atoms with Crippen molar-refractivity contribution in [3.8, 4) is 11.5 Å². The Morgan fingerprint density at radius 3 is 2.28 bits per heavy atom. The van der Waals surface area contributed by atoms with Gasteiger partial charge in [-0.05, 0) is 54.7 Å². The summed E-state index contributed by atoms with van der Waals surface area (Å²) >= 11 is 0. The van der Waals surface area contributed by atoms with Gasteiger partial charge in [0, 0.05) is 23.0 Å². The summed E-state index contributed by atoms with van der Waals surface area (Å²) in [6.45, 7) is 2.28. The first-order chi connectivity index (χ1) is 24.4. The van der Waals surface area contributed by atoms with Crippen LogP contribution in [0.15, 0.2) is 114 Å². The Balaban J connectivity index is 1.37. The Labute approximate surface area is 294 Å². The molecule has 6 rings (SSSR count). The number of aliphatic imine (C=N–C) groups is 1. The van der Waals surface area contributed by atoms with E-state index in [1.165, 1.54) is 0 Å². The number of primary amides is 1. The van der Waals surface area contributed by atoms with Crippen LogP contribution in [-0.2, 0) is 20.9 Å². The molecule has 3 atom stereocenters. The lowest BCUT2D eigenvalue weighted by molar-refractivity contribution is -0.136. The molecule has 1 fully saturated rings. The molecule has 2 aliphatic rings. The summed E-state index contributed by atoms with van der Waals surface area (Å²) in [5, 5.41) is 3.04. The number of ether oxygens (including phenoxy) is 1. The van der Waals surface area contributed by atoms with Crippen LogP contribution in [0.4, 0.5) is 5.69 Å². The number of fused-ring (bicyclic) bond motifs is 1. The van der Waals surface area contributed by atoms with Gasteiger partial charge in [0.2, 0.25) is 18.0 Å². The van der Waals surface area contributed by atoms with Gasteiger partial charge in [0.1, 0.15) is 11.5 Å². The van der Waals surface area contributed by atoms with Gasteiger partial charge in [-0.15, -0.1) is 0 Å². The second-order valence-electron chi connectivity index (χ2n) is 13.4. The van der Waals surface area contributed by atoms with Gasteiger partial charge < -0.3 is 20.7 Å². The number of para-hydroxylation sites is 2. The summed E-state index contributed by atoms with van der Waals surface area (Å²) in [4.78, 5) is 48.7. The van der Waals surface area contributed by atoms with Crippen LogP contribution < -0.4 is 20.7 Å². The first-order valence-corrected chi connectivity index (χ1v) is 17.9. The SMILES string of the molecule is CCCCC(C(N)=O)C(CC1CCCC1)C(=O)NC1N=C(c2ccccc2)c2ccccc2N(Cc2cccc(Oc3ccccc3)c2)C1=O. The normalized spacial score (nSPS) is 17.3. The predicted molar refractivity (Wildman–Crippen MR) is 197 cm³/mol. The van der Waals surface area contributed by atoms with E-state index in [1.54, 1.807) is 4.90 Å². The number of nitrogens with one attached hydrogen (secondary N) is 1. The molecule has 50 heavy (non-hydrogen) atoms. The first kappa shape index (κ1) is 34.6. The fourth-order valence-electron chi connectivity index (χ4n) is 7.29. The van der Waals surface area contributed by atoms with Gasteiger partial charge >= 0.3 is 0 Å². The average molecular weight is 671 g/mol. The van der Waals surface area contributed by atoms with Crippen LogP contribution in [0.5, 0.6) is 11.5 Å². The Kier molecular flexibility index (Phi) is 11.4. The van der Waals surface area contributed by atoms with Crippen LogP contribution in [0.2, 0.25) is 0 Å². The third kappa shape index (κ3) is 8.30. The maximum atomic E-state index is 14.7. The highest BCUT2D eigenvalue weighted by molar-refractivity contribution is 6.20. The molecule has 3 amide bonds. The molecule has 8 heteroatoms. The number of benzodiazepines with no additional fused rings is 1. The van der Waals surface area contributed by atoms with Crippen molar-refractivity contribution < 1.29 is 19.1 Å². The standard InChI is InChI=1S/C42H46N4O4/c1-2-3-23-34(39(43)47)36(27-29-15-10-11-16-29)41(48)45-40-42(49)46(28-30-17-14-22-33(26-30)50-32-20-8-5-9-21-32)37-25-13-12-24-35(37)38(44-40)31-18-6-4-7-19-31/h4-9,12-14,17-22,24-26,29,34,36,40H,2-3,10-11,15-16,23,27-28H2,1H3,(H2,43,47)(H,45,48). The molecule has 4 aromatic rings. The van der Waals surface area contributed by atoms with E-state index in [4.69, 9.17) is 15.5 Å². The number of carbonyl (C=O) groups is 3. The van der Waals surface area contributed by atoms with Crippen molar-refractivity contribution in [1.82, 2.24) is 5.32 Å². The fraction of sp³-hybridized carbons (Fsp3) is 0.333. The van der Waals surface area contributed by atoms with Crippen LogP contribution in [0.3, 0.4) is 0 Å². The lowest BCUT2D eigenvalue weighted by Gasteiger charge is -2.29. The number of hydrogen-bond acceptors (Lipinski definition) is 5. The van der Waals surface area contributed by atoms with Crippen LogP contribution in [0.25, 0.3) is 0 Å². The molecule has 0 aromatic heterocycles. The summed E-state index contributed by atoms with van der Waals surface area (Å²) in [5.74, 6) is -0.742. The summed E-state index contributed by atoms with van der Waals surface area (Å²) in [6.07, 6.45) is 5.84. The molecule has 1 heterocycles. The summed E-state index contributed by atoms with van der Waals surface area (Å²) in [5.41, 5.74) is 9.71. The Bertz CT molecular complexity index is 1800. The molecule has 0 spiro atoms. The molecule has 3 N–H and O–H groups in total. The number of rotatable bonds is 14. The maximum absolute atomic E-state index is 14.7. The minimum absolute atomic E-state index is 0.220. The number of carbonyl (C=O) groups excluding carboxylic acids is 3. The lowest BCUT2D eigenvalue weighted by Crippen LogP contribution is -2.50. The zero-order valence-electron chi connectivity index (χ0n) is 28.7. The van der Waals surface area contributed by atoms with Gasteiger partial charge in [-0.25, -0.2) is 4.99 Å². The number of unbranched alkanes of at least 4 members (excludes halogenated alkanes) is 1. The zero-order valence-corrected chi connectivity index (χ0v) is 28.7.